The number of hydrogen-bond acceptors (Lipinski definition) is 5. The first-order chi connectivity index (χ1) is 6.81. The fraction of sp³-hybridized carbons (Fsp3) is 0.375. The molecule has 74 valence electrons. The Morgan fingerprint density at radius 1 is 1.50 bits per heavy atom. The molecule has 0 saturated heterocycles. The molecule has 0 amide bonds. The Labute approximate surface area is 85.6 Å². The van der Waals surface area contributed by atoms with E-state index in [9.17, 15) is 0 Å². The quantitative estimate of drug-likeness (QED) is 0.829. The Morgan fingerprint density at radius 2 is 2.36 bits per heavy atom. The summed E-state index contributed by atoms with van der Waals surface area (Å²) in [6.07, 6.45) is 2.81. The zero-order valence-electron chi connectivity index (χ0n) is 7.84. The van der Waals surface area contributed by atoms with Crippen molar-refractivity contribution >= 4 is 16.5 Å². The summed E-state index contributed by atoms with van der Waals surface area (Å²) < 4.78 is 1.92. The second kappa shape index (κ2) is 3.75. The van der Waals surface area contributed by atoms with Gasteiger partial charge in [-0.2, -0.15) is 5.10 Å². The van der Waals surface area contributed by atoms with Gasteiger partial charge in [-0.25, -0.2) is 0 Å². The maximum atomic E-state index is 5.52. The van der Waals surface area contributed by atoms with Crippen LogP contribution in [0.5, 0.6) is 0 Å². The first-order valence-corrected chi connectivity index (χ1v) is 5.24. The number of nitrogens with zero attached hydrogens (tertiary/aromatic N) is 4. The molecule has 2 heterocycles. The summed E-state index contributed by atoms with van der Waals surface area (Å²) in [5.41, 5.74) is 6.51. The molecule has 0 radical (unpaired) electrons. The number of nitrogens with two attached hydrogens (primary N) is 1. The molecule has 2 N–H and O–H groups in total. The van der Waals surface area contributed by atoms with Crippen LogP contribution in [0.2, 0.25) is 0 Å². The van der Waals surface area contributed by atoms with E-state index in [2.05, 4.69) is 22.2 Å². The van der Waals surface area contributed by atoms with Crippen LogP contribution >= 0.6 is 11.3 Å². The lowest BCUT2D eigenvalue weighted by atomic mass is 10.4. The number of anilines is 1. The third-order valence-electron chi connectivity index (χ3n) is 1.81. The largest absolute Gasteiger partial charge is 0.374 e. The molecule has 2 rings (SSSR count). The van der Waals surface area contributed by atoms with Crippen LogP contribution in [0.1, 0.15) is 13.3 Å². The van der Waals surface area contributed by atoms with E-state index >= 15 is 0 Å². The Kier molecular flexibility index (Phi) is 2.45. The molecule has 0 unspecified atom stereocenters. The predicted octanol–water partition coefficient (Wildman–Crippen LogP) is 1.39. The molecule has 0 aliphatic rings. The van der Waals surface area contributed by atoms with Crippen LogP contribution in [-0.2, 0) is 6.54 Å². The highest BCUT2D eigenvalue weighted by Crippen LogP contribution is 2.24. The van der Waals surface area contributed by atoms with E-state index in [0.29, 0.717) is 5.13 Å². The summed E-state index contributed by atoms with van der Waals surface area (Å²) in [5, 5.41) is 13.3. The van der Waals surface area contributed by atoms with Gasteiger partial charge in [0.2, 0.25) is 5.13 Å². The molecule has 0 aliphatic heterocycles. The molecule has 0 aliphatic carbocycles. The van der Waals surface area contributed by atoms with Crippen LogP contribution in [0.25, 0.3) is 10.7 Å². The third kappa shape index (κ3) is 1.60. The van der Waals surface area contributed by atoms with Gasteiger partial charge in [0.25, 0.3) is 0 Å². The summed E-state index contributed by atoms with van der Waals surface area (Å²) in [6, 6.07) is 1.93. The van der Waals surface area contributed by atoms with Crippen molar-refractivity contribution in [2.45, 2.75) is 19.9 Å². The monoisotopic (exact) mass is 209 g/mol. The second-order valence-electron chi connectivity index (χ2n) is 2.89. The Morgan fingerprint density at radius 3 is 3.00 bits per heavy atom. The van der Waals surface area contributed by atoms with E-state index in [1.807, 2.05) is 10.7 Å². The minimum Gasteiger partial charge on any atom is -0.374 e. The summed E-state index contributed by atoms with van der Waals surface area (Å²) in [7, 11) is 0. The molecule has 0 spiro atoms. The number of aromatic nitrogens is 4. The lowest BCUT2D eigenvalue weighted by Crippen LogP contribution is -2.00. The number of nitrogen functional groups attached to an aromatic ring is 1. The lowest BCUT2D eigenvalue weighted by Gasteiger charge is -2.01. The van der Waals surface area contributed by atoms with Crippen molar-refractivity contribution < 1.29 is 0 Å². The van der Waals surface area contributed by atoms with E-state index < -0.39 is 0 Å². The predicted molar refractivity (Wildman–Crippen MR) is 55.8 cm³/mol. The third-order valence-corrected chi connectivity index (χ3v) is 2.59. The van der Waals surface area contributed by atoms with Crippen molar-refractivity contribution in [2.24, 2.45) is 0 Å². The van der Waals surface area contributed by atoms with Gasteiger partial charge in [0.05, 0.1) is 5.69 Å². The minimum atomic E-state index is 0.490. The van der Waals surface area contributed by atoms with Gasteiger partial charge in [0.15, 0.2) is 5.01 Å². The zero-order chi connectivity index (χ0) is 9.97. The van der Waals surface area contributed by atoms with Crippen molar-refractivity contribution in [3.8, 4) is 10.7 Å². The maximum Gasteiger partial charge on any atom is 0.203 e. The molecule has 2 aromatic heterocycles. The molecule has 0 aromatic carbocycles. The summed E-state index contributed by atoms with van der Waals surface area (Å²) in [4.78, 5) is 0. The van der Waals surface area contributed by atoms with Crippen molar-refractivity contribution in [1.29, 1.82) is 0 Å². The molecule has 0 atom stereocenters. The SMILES string of the molecule is CCCn1nccc1-c1nnc(N)s1. The van der Waals surface area contributed by atoms with Crippen LogP contribution < -0.4 is 5.73 Å². The van der Waals surface area contributed by atoms with E-state index in [1.165, 1.54) is 11.3 Å². The fourth-order valence-corrected chi connectivity index (χ4v) is 1.88. The Hall–Kier alpha value is -1.43. The van der Waals surface area contributed by atoms with Crippen LogP contribution in [0.4, 0.5) is 5.13 Å². The standard InChI is InChI=1S/C8H11N5S/c1-2-5-13-6(3-4-10-13)7-11-12-8(9)14-7/h3-4H,2,5H2,1H3,(H2,9,12). The van der Waals surface area contributed by atoms with Crippen LogP contribution in [0.15, 0.2) is 12.3 Å². The average molecular weight is 209 g/mol. The smallest absolute Gasteiger partial charge is 0.203 e. The van der Waals surface area contributed by atoms with E-state index in [0.717, 1.165) is 23.7 Å². The van der Waals surface area contributed by atoms with Crippen molar-refractivity contribution in [3.63, 3.8) is 0 Å². The topological polar surface area (TPSA) is 69.6 Å². The van der Waals surface area contributed by atoms with Crippen LogP contribution in [0.3, 0.4) is 0 Å². The molecule has 0 fully saturated rings. The second-order valence-corrected chi connectivity index (χ2v) is 3.89. The van der Waals surface area contributed by atoms with E-state index in [4.69, 9.17) is 5.73 Å². The molecule has 0 saturated carbocycles. The molecular formula is C8H11N5S. The highest BCUT2D eigenvalue weighted by atomic mass is 32.1. The van der Waals surface area contributed by atoms with Gasteiger partial charge in [-0.15, -0.1) is 10.2 Å². The minimum absolute atomic E-state index is 0.490. The van der Waals surface area contributed by atoms with Crippen molar-refractivity contribution in [3.05, 3.63) is 12.3 Å². The average Bonchev–Trinajstić information content (AvgIpc) is 2.74. The first-order valence-electron chi connectivity index (χ1n) is 4.42. The van der Waals surface area contributed by atoms with Gasteiger partial charge in [0.1, 0.15) is 0 Å². The number of hydrogen-bond donors (Lipinski definition) is 1. The van der Waals surface area contributed by atoms with Crippen molar-refractivity contribution in [1.82, 2.24) is 20.0 Å². The van der Waals surface area contributed by atoms with Crippen LogP contribution in [-0.4, -0.2) is 20.0 Å². The lowest BCUT2D eigenvalue weighted by molar-refractivity contribution is 0.608. The van der Waals surface area contributed by atoms with Gasteiger partial charge in [0, 0.05) is 12.7 Å². The molecule has 0 bridgehead atoms. The van der Waals surface area contributed by atoms with Crippen LogP contribution in [0, 0.1) is 0 Å². The van der Waals surface area contributed by atoms with E-state index in [1.54, 1.807) is 6.20 Å². The van der Waals surface area contributed by atoms with Gasteiger partial charge in [-0.05, 0) is 12.5 Å². The highest BCUT2D eigenvalue weighted by molar-refractivity contribution is 7.18. The Bertz CT molecular complexity index is 419. The summed E-state index contributed by atoms with van der Waals surface area (Å²) in [5.74, 6) is 0. The first kappa shape index (κ1) is 9.14. The fourth-order valence-electron chi connectivity index (χ4n) is 1.24. The number of rotatable bonds is 3. The van der Waals surface area contributed by atoms with Gasteiger partial charge < -0.3 is 5.73 Å². The van der Waals surface area contributed by atoms with Crippen molar-refractivity contribution in [2.75, 3.05) is 5.73 Å². The molecule has 14 heavy (non-hydrogen) atoms. The van der Waals surface area contributed by atoms with Gasteiger partial charge in [-0.1, -0.05) is 18.3 Å². The summed E-state index contributed by atoms with van der Waals surface area (Å²) in [6.45, 7) is 3.00. The highest BCUT2D eigenvalue weighted by Gasteiger charge is 2.09. The summed E-state index contributed by atoms with van der Waals surface area (Å²) >= 11 is 1.38. The maximum absolute atomic E-state index is 5.52. The molecule has 6 heteroatoms. The van der Waals surface area contributed by atoms with Gasteiger partial charge >= 0.3 is 0 Å². The molecule has 2 aromatic rings. The normalized spacial score (nSPS) is 10.6. The van der Waals surface area contributed by atoms with Gasteiger partial charge in [-0.3, -0.25) is 4.68 Å². The zero-order valence-corrected chi connectivity index (χ0v) is 8.66. The molecular weight excluding hydrogens is 198 g/mol. The molecule has 5 nitrogen and oxygen atoms in total. The van der Waals surface area contributed by atoms with E-state index in [-0.39, 0.29) is 0 Å². The number of aryl methyl sites for hydroxylation is 1. The Balaban J connectivity index is 2.36.